The van der Waals surface area contributed by atoms with Crippen LogP contribution in [0.4, 0.5) is 5.69 Å². The van der Waals surface area contributed by atoms with Crippen LogP contribution < -0.4 is 4.72 Å². The SMILES string of the molecule is Cc1cc2oc3c(c2cc1NS(=O)(=O)c1ccc(Cl)cc1)C[C@H](C)CC3. The zero-order chi connectivity index (χ0) is 18.5. The molecule has 0 amide bonds. The first-order valence-electron chi connectivity index (χ1n) is 8.67. The van der Waals surface area contributed by atoms with Gasteiger partial charge in [-0.15, -0.1) is 0 Å². The van der Waals surface area contributed by atoms with Crippen LogP contribution in [0, 0.1) is 12.8 Å². The van der Waals surface area contributed by atoms with Gasteiger partial charge in [0.2, 0.25) is 0 Å². The average Bonchev–Trinajstić information content (AvgIpc) is 2.92. The maximum absolute atomic E-state index is 12.7. The number of hydrogen-bond donors (Lipinski definition) is 1. The molecule has 0 bridgehead atoms. The van der Waals surface area contributed by atoms with E-state index in [1.165, 1.54) is 17.7 Å². The highest BCUT2D eigenvalue weighted by Gasteiger charge is 2.23. The van der Waals surface area contributed by atoms with Crippen LogP contribution in [0.3, 0.4) is 0 Å². The summed E-state index contributed by atoms with van der Waals surface area (Å²) in [6.45, 7) is 4.11. The van der Waals surface area contributed by atoms with Crippen LogP contribution in [0.2, 0.25) is 5.02 Å². The van der Waals surface area contributed by atoms with Crippen molar-refractivity contribution in [3.63, 3.8) is 0 Å². The van der Waals surface area contributed by atoms with E-state index < -0.39 is 10.0 Å². The topological polar surface area (TPSA) is 59.3 Å². The number of rotatable bonds is 3. The molecule has 1 aliphatic carbocycles. The van der Waals surface area contributed by atoms with E-state index in [9.17, 15) is 8.42 Å². The summed E-state index contributed by atoms with van der Waals surface area (Å²) in [7, 11) is -3.68. The van der Waals surface area contributed by atoms with Gasteiger partial charge in [0.1, 0.15) is 11.3 Å². The monoisotopic (exact) mass is 389 g/mol. The highest BCUT2D eigenvalue weighted by molar-refractivity contribution is 7.92. The number of halogens is 1. The van der Waals surface area contributed by atoms with Crippen molar-refractivity contribution in [2.75, 3.05) is 4.72 Å². The van der Waals surface area contributed by atoms with E-state index in [2.05, 4.69) is 11.6 Å². The molecule has 0 unspecified atom stereocenters. The van der Waals surface area contributed by atoms with Crippen molar-refractivity contribution in [3.8, 4) is 0 Å². The lowest BCUT2D eigenvalue weighted by atomic mass is 9.88. The van der Waals surface area contributed by atoms with Crippen LogP contribution in [0.1, 0.15) is 30.2 Å². The lowest BCUT2D eigenvalue weighted by Crippen LogP contribution is -2.13. The van der Waals surface area contributed by atoms with E-state index in [1.54, 1.807) is 12.1 Å². The van der Waals surface area contributed by atoms with Crippen LogP contribution in [0.5, 0.6) is 0 Å². The summed E-state index contributed by atoms with van der Waals surface area (Å²) in [4.78, 5) is 0.184. The molecule has 26 heavy (non-hydrogen) atoms. The van der Waals surface area contributed by atoms with Crippen molar-refractivity contribution in [3.05, 3.63) is 58.3 Å². The molecule has 0 fully saturated rings. The Morgan fingerprint density at radius 1 is 1.19 bits per heavy atom. The number of benzene rings is 2. The molecule has 0 spiro atoms. The summed E-state index contributed by atoms with van der Waals surface area (Å²) in [5, 5.41) is 1.51. The van der Waals surface area contributed by atoms with E-state index in [-0.39, 0.29) is 4.90 Å². The Balaban J connectivity index is 1.75. The molecule has 0 saturated carbocycles. The number of furan rings is 1. The van der Waals surface area contributed by atoms with Gasteiger partial charge in [-0.2, -0.15) is 0 Å². The zero-order valence-corrected chi connectivity index (χ0v) is 16.2. The molecule has 0 saturated heterocycles. The van der Waals surface area contributed by atoms with Crippen molar-refractivity contribution in [1.29, 1.82) is 0 Å². The van der Waals surface area contributed by atoms with Gasteiger partial charge in [-0.25, -0.2) is 8.42 Å². The fraction of sp³-hybridized carbons (Fsp3) is 0.300. The Morgan fingerprint density at radius 2 is 1.92 bits per heavy atom. The Labute approximate surface area is 158 Å². The summed E-state index contributed by atoms with van der Waals surface area (Å²) in [6.07, 6.45) is 3.03. The molecule has 0 aliphatic heterocycles. The van der Waals surface area contributed by atoms with Gasteiger partial charge in [-0.1, -0.05) is 18.5 Å². The van der Waals surface area contributed by atoms with Crippen molar-refractivity contribution in [2.24, 2.45) is 5.92 Å². The molecule has 1 N–H and O–H groups in total. The van der Waals surface area contributed by atoms with Crippen LogP contribution in [-0.4, -0.2) is 8.42 Å². The van der Waals surface area contributed by atoms with Crippen LogP contribution in [-0.2, 0) is 22.9 Å². The van der Waals surface area contributed by atoms with E-state index in [0.29, 0.717) is 16.6 Å². The Morgan fingerprint density at radius 3 is 2.65 bits per heavy atom. The minimum atomic E-state index is -3.68. The largest absolute Gasteiger partial charge is 0.461 e. The number of nitrogens with one attached hydrogen (secondary N) is 1. The summed E-state index contributed by atoms with van der Waals surface area (Å²) in [5.74, 6) is 1.65. The smallest absolute Gasteiger partial charge is 0.261 e. The van der Waals surface area contributed by atoms with Gasteiger partial charge in [0, 0.05) is 22.4 Å². The van der Waals surface area contributed by atoms with Crippen molar-refractivity contribution in [1.82, 2.24) is 0 Å². The van der Waals surface area contributed by atoms with E-state index in [0.717, 1.165) is 41.6 Å². The maximum atomic E-state index is 12.7. The van der Waals surface area contributed by atoms with Gasteiger partial charge in [0.25, 0.3) is 10.0 Å². The third-order valence-electron chi connectivity index (χ3n) is 5.01. The third kappa shape index (κ3) is 3.10. The van der Waals surface area contributed by atoms with Crippen LogP contribution in [0.15, 0.2) is 45.7 Å². The molecule has 136 valence electrons. The first-order valence-corrected chi connectivity index (χ1v) is 10.5. The fourth-order valence-corrected chi connectivity index (χ4v) is 4.78. The summed E-state index contributed by atoms with van der Waals surface area (Å²) >= 11 is 5.85. The number of anilines is 1. The summed E-state index contributed by atoms with van der Waals surface area (Å²) < 4.78 is 34.1. The lowest BCUT2D eigenvalue weighted by Gasteiger charge is -2.17. The summed E-state index contributed by atoms with van der Waals surface area (Å²) in [6, 6.07) is 9.95. The molecule has 0 radical (unpaired) electrons. The highest BCUT2D eigenvalue weighted by atomic mass is 35.5. The van der Waals surface area contributed by atoms with E-state index >= 15 is 0 Å². The van der Waals surface area contributed by atoms with Crippen molar-refractivity contribution in [2.45, 2.75) is 38.0 Å². The van der Waals surface area contributed by atoms with Crippen LogP contribution in [0.25, 0.3) is 11.0 Å². The number of hydrogen-bond acceptors (Lipinski definition) is 3. The minimum Gasteiger partial charge on any atom is -0.461 e. The average molecular weight is 390 g/mol. The lowest BCUT2D eigenvalue weighted by molar-refractivity contribution is 0.438. The molecule has 4 nitrogen and oxygen atoms in total. The standard InChI is InChI=1S/C20H20ClNO3S/c1-12-3-8-19-16(9-12)17-11-18(13(2)10-20(17)25-19)22-26(23,24)15-6-4-14(21)5-7-15/h4-7,10-12,22H,3,8-9H2,1-2H3/t12-/m1/s1. The van der Waals surface area contributed by atoms with Gasteiger partial charge in [0.15, 0.2) is 0 Å². The predicted molar refractivity (Wildman–Crippen MR) is 104 cm³/mol. The third-order valence-corrected chi connectivity index (χ3v) is 6.64. The van der Waals surface area contributed by atoms with Gasteiger partial charge in [-0.05, 0) is 67.6 Å². The first-order chi connectivity index (χ1) is 12.3. The number of aryl methyl sites for hydroxylation is 2. The van der Waals surface area contributed by atoms with Crippen molar-refractivity contribution >= 4 is 38.3 Å². The minimum absolute atomic E-state index is 0.184. The molecule has 6 heteroatoms. The Kier molecular flexibility index (Phi) is 4.24. The number of fused-ring (bicyclic) bond motifs is 3. The molecule has 1 aliphatic rings. The molecule has 2 aromatic carbocycles. The molecule has 3 aromatic rings. The normalized spacial score (nSPS) is 17.3. The van der Waals surface area contributed by atoms with Crippen molar-refractivity contribution < 1.29 is 12.8 Å². The molecule has 1 heterocycles. The van der Waals surface area contributed by atoms with Gasteiger partial charge < -0.3 is 4.42 Å². The second-order valence-corrected chi connectivity index (χ2v) is 9.19. The molecular weight excluding hydrogens is 370 g/mol. The molecular formula is C20H20ClNO3S. The fourth-order valence-electron chi connectivity index (χ4n) is 3.53. The Bertz CT molecular complexity index is 1080. The quantitative estimate of drug-likeness (QED) is 0.659. The first kappa shape index (κ1) is 17.4. The zero-order valence-electron chi connectivity index (χ0n) is 14.7. The molecule has 1 atom stereocenters. The second kappa shape index (κ2) is 6.32. The molecule has 1 aromatic heterocycles. The van der Waals surface area contributed by atoms with E-state index in [1.807, 2.05) is 19.1 Å². The maximum Gasteiger partial charge on any atom is 0.261 e. The number of sulfonamides is 1. The predicted octanol–water partition coefficient (Wildman–Crippen LogP) is 5.32. The highest BCUT2D eigenvalue weighted by Crippen LogP contribution is 2.37. The summed E-state index contributed by atoms with van der Waals surface area (Å²) in [5.41, 5.74) is 3.45. The van der Waals surface area contributed by atoms with Gasteiger partial charge in [0.05, 0.1) is 10.6 Å². The molecule has 4 rings (SSSR count). The van der Waals surface area contributed by atoms with Crippen LogP contribution >= 0.6 is 11.6 Å². The second-order valence-electron chi connectivity index (χ2n) is 7.07. The van der Waals surface area contributed by atoms with E-state index in [4.69, 9.17) is 16.0 Å². The van der Waals surface area contributed by atoms with Gasteiger partial charge >= 0.3 is 0 Å². The van der Waals surface area contributed by atoms with Gasteiger partial charge in [-0.3, -0.25) is 4.72 Å². The Hall–Kier alpha value is -1.98.